The Labute approximate surface area is 178 Å². The Kier molecular flexibility index (Phi) is 5.90. The molecule has 1 atom stereocenters. The van der Waals surface area contributed by atoms with Gasteiger partial charge in [-0.3, -0.25) is 4.79 Å². The molecule has 1 aliphatic rings. The van der Waals surface area contributed by atoms with E-state index >= 15 is 0 Å². The van der Waals surface area contributed by atoms with Gasteiger partial charge in [0.05, 0.1) is 22.9 Å². The molecule has 2 aromatic rings. The standard InChI is InChI=1S/C22H22F3N3OS/c1-11-9-12(2)17(13(3)10-11)19-18(14(4)26-21(30)28-19)20(29)27-16-8-6-5-7-15(16)22(23,24)25/h5-10,19H,1-4H3,(H,27,29)(H2,26,28,30)/t19-/m1/s1. The maximum Gasteiger partial charge on any atom is 0.418 e. The minimum Gasteiger partial charge on any atom is -0.351 e. The van der Waals surface area contributed by atoms with Crippen LogP contribution in [0.4, 0.5) is 18.9 Å². The molecule has 4 nitrogen and oxygen atoms in total. The second-order valence-corrected chi connectivity index (χ2v) is 7.79. The third-order valence-electron chi connectivity index (χ3n) is 5.02. The molecule has 0 radical (unpaired) electrons. The van der Waals surface area contributed by atoms with Crippen LogP contribution in [0.3, 0.4) is 0 Å². The molecule has 0 saturated carbocycles. The summed E-state index contributed by atoms with van der Waals surface area (Å²) in [6.45, 7) is 7.54. The Hall–Kier alpha value is -2.87. The maximum atomic E-state index is 13.3. The number of thiocarbonyl (C=S) groups is 1. The van der Waals surface area contributed by atoms with Crippen LogP contribution < -0.4 is 16.0 Å². The van der Waals surface area contributed by atoms with Crippen LogP contribution in [0.15, 0.2) is 47.7 Å². The predicted molar refractivity (Wildman–Crippen MR) is 115 cm³/mol. The average molecular weight is 433 g/mol. The number of carbonyl (C=O) groups excluding carboxylic acids is 1. The first-order chi connectivity index (χ1) is 14.0. The Balaban J connectivity index is 2.06. The maximum absolute atomic E-state index is 13.3. The number of allylic oxidation sites excluding steroid dienone is 1. The van der Waals surface area contributed by atoms with Crippen LogP contribution in [-0.2, 0) is 11.0 Å². The smallest absolute Gasteiger partial charge is 0.351 e. The fourth-order valence-electron chi connectivity index (χ4n) is 3.89. The average Bonchev–Trinajstić information content (AvgIpc) is 2.59. The molecule has 2 aromatic carbocycles. The molecular weight excluding hydrogens is 411 g/mol. The number of amides is 1. The number of para-hydroxylation sites is 1. The molecule has 8 heteroatoms. The van der Waals surface area contributed by atoms with Gasteiger partial charge in [0.2, 0.25) is 0 Å². The lowest BCUT2D eigenvalue weighted by Crippen LogP contribution is -2.46. The second kappa shape index (κ2) is 8.10. The van der Waals surface area contributed by atoms with E-state index in [4.69, 9.17) is 12.2 Å². The monoisotopic (exact) mass is 433 g/mol. The Morgan fingerprint density at radius 2 is 1.67 bits per heavy atom. The number of rotatable bonds is 3. The molecule has 30 heavy (non-hydrogen) atoms. The molecule has 0 aromatic heterocycles. The Morgan fingerprint density at radius 1 is 1.07 bits per heavy atom. The van der Waals surface area contributed by atoms with E-state index in [2.05, 4.69) is 16.0 Å². The van der Waals surface area contributed by atoms with Gasteiger partial charge in [0, 0.05) is 5.70 Å². The largest absolute Gasteiger partial charge is 0.418 e. The molecule has 1 heterocycles. The van der Waals surface area contributed by atoms with Crippen LogP contribution in [0.2, 0.25) is 0 Å². The van der Waals surface area contributed by atoms with E-state index in [-0.39, 0.29) is 11.3 Å². The molecule has 158 valence electrons. The second-order valence-electron chi connectivity index (χ2n) is 7.38. The lowest BCUT2D eigenvalue weighted by Gasteiger charge is -2.32. The van der Waals surface area contributed by atoms with E-state index in [0.717, 1.165) is 28.3 Å². The van der Waals surface area contributed by atoms with E-state index in [1.165, 1.54) is 18.2 Å². The number of alkyl halides is 3. The minimum absolute atomic E-state index is 0.288. The topological polar surface area (TPSA) is 53.2 Å². The normalized spacial score (nSPS) is 16.8. The summed E-state index contributed by atoms with van der Waals surface area (Å²) >= 11 is 5.27. The van der Waals surface area contributed by atoms with Crippen LogP contribution in [0, 0.1) is 20.8 Å². The first-order valence-corrected chi connectivity index (χ1v) is 9.73. The molecule has 0 spiro atoms. The van der Waals surface area contributed by atoms with Crippen molar-refractivity contribution >= 4 is 28.9 Å². The van der Waals surface area contributed by atoms with Gasteiger partial charge in [-0.15, -0.1) is 0 Å². The number of nitrogens with one attached hydrogen (secondary N) is 3. The fourth-order valence-corrected chi connectivity index (χ4v) is 4.16. The highest BCUT2D eigenvalue weighted by Crippen LogP contribution is 2.36. The number of halogens is 3. The van der Waals surface area contributed by atoms with Gasteiger partial charge in [-0.05, 0) is 68.7 Å². The highest BCUT2D eigenvalue weighted by Gasteiger charge is 2.36. The van der Waals surface area contributed by atoms with E-state index < -0.39 is 23.7 Å². The van der Waals surface area contributed by atoms with Crippen molar-refractivity contribution in [1.29, 1.82) is 0 Å². The molecule has 0 aliphatic carbocycles. The zero-order chi connectivity index (χ0) is 22.2. The molecule has 0 saturated heterocycles. The van der Waals surface area contributed by atoms with Gasteiger partial charge >= 0.3 is 6.18 Å². The summed E-state index contributed by atoms with van der Waals surface area (Å²) in [6, 6.07) is 8.32. The first-order valence-electron chi connectivity index (χ1n) is 9.32. The van der Waals surface area contributed by atoms with Crippen LogP contribution >= 0.6 is 12.2 Å². The predicted octanol–water partition coefficient (Wildman–Crippen LogP) is 5.06. The number of benzene rings is 2. The zero-order valence-corrected chi connectivity index (χ0v) is 17.8. The van der Waals surface area contributed by atoms with Crippen molar-refractivity contribution in [3.8, 4) is 0 Å². The lowest BCUT2D eigenvalue weighted by atomic mass is 9.87. The van der Waals surface area contributed by atoms with E-state index in [1.54, 1.807) is 6.92 Å². The molecule has 3 rings (SSSR count). The first kappa shape index (κ1) is 21.8. The summed E-state index contributed by atoms with van der Waals surface area (Å²) in [6.07, 6.45) is -4.58. The van der Waals surface area contributed by atoms with Crippen molar-refractivity contribution in [1.82, 2.24) is 10.6 Å². The summed E-state index contributed by atoms with van der Waals surface area (Å²) in [5.74, 6) is -0.629. The third-order valence-corrected chi connectivity index (χ3v) is 5.24. The van der Waals surface area contributed by atoms with Crippen molar-refractivity contribution in [3.63, 3.8) is 0 Å². The molecule has 3 N–H and O–H groups in total. The van der Waals surface area contributed by atoms with Crippen molar-refractivity contribution in [2.75, 3.05) is 5.32 Å². The van der Waals surface area contributed by atoms with E-state index in [9.17, 15) is 18.0 Å². The molecule has 1 aliphatic heterocycles. The number of anilines is 1. The van der Waals surface area contributed by atoms with Crippen molar-refractivity contribution in [2.45, 2.75) is 39.9 Å². The Bertz CT molecular complexity index is 1040. The quantitative estimate of drug-likeness (QED) is 0.592. The van der Waals surface area contributed by atoms with Crippen molar-refractivity contribution < 1.29 is 18.0 Å². The molecule has 0 bridgehead atoms. The van der Waals surface area contributed by atoms with Crippen LogP contribution in [0.5, 0.6) is 0 Å². The third kappa shape index (κ3) is 4.33. The van der Waals surface area contributed by atoms with Crippen LogP contribution in [0.1, 0.15) is 40.8 Å². The summed E-state index contributed by atoms with van der Waals surface area (Å²) in [7, 11) is 0. The molecule has 0 fully saturated rings. The van der Waals surface area contributed by atoms with Gasteiger partial charge in [0.1, 0.15) is 0 Å². The van der Waals surface area contributed by atoms with E-state index in [0.29, 0.717) is 10.8 Å². The number of carbonyl (C=O) groups is 1. The summed E-state index contributed by atoms with van der Waals surface area (Å²) in [5, 5.41) is 8.81. The number of hydrogen-bond donors (Lipinski definition) is 3. The van der Waals surface area contributed by atoms with Crippen LogP contribution in [-0.4, -0.2) is 11.0 Å². The zero-order valence-electron chi connectivity index (χ0n) is 17.0. The molecule has 0 unspecified atom stereocenters. The summed E-state index contributed by atoms with van der Waals surface area (Å²) in [5.41, 5.74) is 3.46. The van der Waals surface area contributed by atoms with Gasteiger partial charge < -0.3 is 16.0 Å². The SMILES string of the molecule is CC1=C(C(=O)Nc2ccccc2C(F)(F)F)[C@@H](c2c(C)cc(C)cc2C)NC(=S)N1. The lowest BCUT2D eigenvalue weighted by molar-refractivity contribution is -0.137. The van der Waals surface area contributed by atoms with Gasteiger partial charge in [-0.1, -0.05) is 29.8 Å². The van der Waals surface area contributed by atoms with Crippen molar-refractivity contribution in [2.24, 2.45) is 0 Å². The van der Waals surface area contributed by atoms with E-state index in [1.807, 2.05) is 32.9 Å². The number of aryl methyl sites for hydroxylation is 3. The number of hydrogen-bond acceptors (Lipinski definition) is 2. The van der Waals surface area contributed by atoms with Crippen molar-refractivity contribution in [3.05, 3.63) is 75.5 Å². The Morgan fingerprint density at radius 3 is 2.27 bits per heavy atom. The van der Waals surface area contributed by atoms with Gasteiger partial charge in [0.15, 0.2) is 5.11 Å². The molecular formula is C22H22F3N3OS. The summed E-state index contributed by atoms with van der Waals surface area (Å²) in [4.78, 5) is 13.2. The van der Waals surface area contributed by atoms with Gasteiger partial charge in [-0.25, -0.2) is 0 Å². The summed E-state index contributed by atoms with van der Waals surface area (Å²) < 4.78 is 40.0. The highest BCUT2D eigenvalue weighted by molar-refractivity contribution is 7.80. The molecule has 1 amide bonds. The van der Waals surface area contributed by atoms with Crippen LogP contribution in [0.25, 0.3) is 0 Å². The highest BCUT2D eigenvalue weighted by atomic mass is 32.1. The fraction of sp³-hybridized carbons (Fsp3) is 0.273. The van der Waals surface area contributed by atoms with Gasteiger partial charge in [-0.2, -0.15) is 13.2 Å². The minimum atomic E-state index is -4.58. The van der Waals surface area contributed by atoms with Gasteiger partial charge in [0.25, 0.3) is 5.91 Å².